The highest BCUT2D eigenvalue weighted by Crippen LogP contribution is 2.32. The molecular weight excluding hydrogens is 174 g/mol. The van der Waals surface area contributed by atoms with Crippen LogP contribution in [0, 0.1) is 5.92 Å². The molecule has 3 nitrogen and oxygen atoms in total. The van der Waals surface area contributed by atoms with Crippen molar-refractivity contribution in [1.82, 2.24) is 15.1 Å². The van der Waals surface area contributed by atoms with E-state index < -0.39 is 0 Å². The molecule has 1 saturated carbocycles. The van der Waals surface area contributed by atoms with Crippen LogP contribution in [0.4, 0.5) is 0 Å². The summed E-state index contributed by atoms with van der Waals surface area (Å²) in [5.74, 6) is 0.907. The van der Waals surface area contributed by atoms with Crippen molar-refractivity contribution >= 4 is 6.20 Å². The van der Waals surface area contributed by atoms with Gasteiger partial charge in [0.05, 0.1) is 6.20 Å². The number of nitrogens with zero attached hydrogens (tertiary/aromatic N) is 2. The average molecular weight is 191 g/mol. The van der Waals surface area contributed by atoms with Crippen LogP contribution in [0.15, 0.2) is 19.0 Å². The van der Waals surface area contributed by atoms with Gasteiger partial charge in [-0.1, -0.05) is 6.58 Å². The van der Waals surface area contributed by atoms with Gasteiger partial charge in [-0.3, -0.25) is 0 Å². The molecule has 0 aliphatic heterocycles. The van der Waals surface area contributed by atoms with Crippen molar-refractivity contribution in [2.45, 2.75) is 32.4 Å². The Morgan fingerprint density at radius 3 is 3.14 bits per heavy atom. The van der Waals surface area contributed by atoms with Gasteiger partial charge in [0.2, 0.25) is 0 Å². The molecule has 1 atom stereocenters. The summed E-state index contributed by atoms with van der Waals surface area (Å²) >= 11 is 0. The molecule has 0 aromatic carbocycles. The Kier molecular flexibility index (Phi) is 2.68. The van der Waals surface area contributed by atoms with Crippen LogP contribution in [0.2, 0.25) is 0 Å². The van der Waals surface area contributed by atoms with Gasteiger partial charge >= 0.3 is 0 Å². The maximum absolute atomic E-state index is 4.13. The van der Waals surface area contributed by atoms with Crippen molar-refractivity contribution in [1.29, 1.82) is 0 Å². The minimum Gasteiger partial charge on any atom is -0.310 e. The quantitative estimate of drug-likeness (QED) is 0.770. The first-order chi connectivity index (χ1) is 6.79. The number of hydrogen-bond acceptors (Lipinski definition) is 2. The summed E-state index contributed by atoms with van der Waals surface area (Å²) in [4.78, 5) is 0. The summed E-state index contributed by atoms with van der Waals surface area (Å²) < 4.78 is 1.73. The monoisotopic (exact) mass is 191 g/mol. The van der Waals surface area contributed by atoms with Crippen molar-refractivity contribution in [3.63, 3.8) is 0 Å². The molecule has 0 radical (unpaired) electrons. The Hall–Kier alpha value is -1.09. The van der Waals surface area contributed by atoms with E-state index >= 15 is 0 Å². The topological polar surface area (TPSA) is 29.9 Å². The van der Waals surface area contributed by atoms with E-state index in [9.17, 15) is 0 Å². The molecule has 0 bridgehead atoms. The zero-order chi connectivity index (χ0) is 9.97. The Morgan fingerprint density at radius 1 is 1.79 bits per heavy atom. The standard InChI is InChI=1S/C11H17N3/c1-3-14-8-10(7-13-14)6-12-9(2)11-4-5-11/h3,7-9,11-12H,1,4-6H2,2H3. The van der Waals surface area contributed by atoms with Crippen LogP contribution in [-0.4, -0.2) is 15.8 Å². The maximum Gasteiger partial charge on any atom is 0.0538 e. The molecule has 0 saturated heterocycles. The van der Waals surface area contributed by atoms with Crippen LogP contribution in [0.1, 0.15) is 25.3 Å². The second-order valence-corrected chi connectivity index (χ2v) is 4.02. The molecule has 1 aliphatic rings. The van der Waals surface area contributed by atoms with E-state index in [1.807, 2.05) is 12.4 Å². The van der Waals surface area contributed by atoms with E-state index in [1.165, 1.54) is 18.4 Å². The zero-order valence-corrected chi connectivity index (χ0v) is 8.61. The number of nitrogens with one attached hydrogen (secondary N) is 1. The first kappa shape index (κ1) is 9.46. The van der Waals surface area contributed by atoms with Gasteiger partial charge in [0.1, 0.15) is 0 Å². The highest BCUT2D eigenvalue weighted by molar-refractivity contribution is 5.17. The van der Waals surface area contributed by atoms with Crippen molar-refractivity contribution in [3.05, 3.63) is 24.5 Å². The van der Waals surface area contributed by atoms with Gasteiger partial charge in [-0.25, -0.2) is 4.68 Å². The summed E-state index contributed by atoms with van der Waals surface area (Å²) in [5, 5.41) is 7.64. The molecular formula is C11H17N3. The molecule has 1 heterocycles. The molecule has 0 spiro atoms. The second-order valence-electron chi connectivity index (χ2n) is 4.02. The molecule has 3 heteroatoms. The predicted octanol–water partition coefficient (Wildman–Crippen LogP) is 1.87. The number of aromatic nitrogens is 2. The lowest BCUT2D eigenvalue weighted by Gasteiger charge is -2.10. The third-order valence-electron chi connectivity index (χ3n) is 2.80. The summed E-state index contributed by atoms with van der Waals surface area (Å²) in [7, 11) is 0. The Balaban J connectivity index is 1.81. The van der Waals surface area contributed by atoms with Crippen LogP contribution in [0.25, 0.3) is 6.20 Å². The molecule has 1 fully saturated rings. The summed E-state index contributed by atoms with van der Waals surface area (Å²) in [6.07, 6.45) is 8.36. The number of hydrogen-bond donors (Lipinski definition) is 1. The molecule has 1 unspecified atom stereocenters. The van der Waals surface area contributed by atoms with Crippen LogP contribution in [0.3, 0.4) is 0 Å². The fraction of sp³-hybridized carbons (Fsp3) is 0.545. The summed E-state index contributed by atoms with van der Waals surface area (Å²) in [6.45, 7) is 6.83. The lowest BCUT2D eigenvalue weighted by molar-refractivity contribution is 0.496. The Morgan fingerprint density at radius 2 is 2.57 bits per heavy atom. The maximum atomic E-state index is 4.13. The molecule has 1 N–H and O–H groups in total. The molecule has 0 amide bonds. The van der Waals surface area contributed by atoms with Gasteiger partial charge < -0.3 is 5.32 Å². The third-order valence-corrected chi connectivity index (χ3v) is 2.80. The summed E-state index contributed by atoms with van der Waals surface area (Å²) in [6, 6.07) is 0.641. The second kappa shape index (κ2) is 3.96. The fourth-order valence-corrected chi connectivity index (χ4v) is 1.61. The lowest BCUT2D eigenvalue weighted by atomic mass is 10.2. The minimum atomic E-state index is 0.641. The van der Waals surface area contributed by atoms with Gasteiger partial charge in [-0.2, -0.15) is 5.10 Å². The SMILES string of the molecule is C=Cn1cc(CNC(C)C2CC2)cn1. The first-order valence-corrected chi connectivity index (χ1v) is 5.18. The Bertz CT molecular complexity index is 312. The highest BCUT2D eigenvalue weighted by Gasteiger charge is 2.27. The summed E-state index contributed by atoms with van der Waals surface area (Å²) in [5.41, 5.74) is 1.22. The number of rotatable bonds is 5. The zero-order valence-electron chi connectivity index (χ0n) is 8.61. The van der Waals surface area contributed by atoms with E-state index in [2.05, 4.69) is 23.9 Å². The van der Waals surface area contributed by atoms with Crippen molar-refractivity contribution in [2.75, 3.05) is 0 Å². The lowest BCUT2D eigenvalue weighted by Crippen LogP contribution is -2.27. The van der Waals surface area contributed by atoms with Crippen molar-refractivity contribution in [2.24, 2.45) is 5.92 Å². The first-order valence-electron chi connectivity index (χ1n) is 5.18. The van der Waals surface area contributed by atoms with Crippen LogP contribution < -0.4 is 5.32 Å². The normalized spacial score (nSPS) is 18.1. The van der Waals surface area contributed by atoms with Crippen molar-refractivity contribution < 1.29 is 0 Å². The van der Waals surface area contributed by atoms with Gasteiger partial charge in [0.15, 0.2) is 0 Å². The largest absolute Gasteiger partial charge is 0.310 e. The van der Waals surface area contributed by atoms with Gasteiger partial charge in [0.25, 0.3) is 0 Å². The van der Waals surface area contributed by atoms with Crippen LogP contribution in [0.5, 0.6) is 0 Å². The molecule has 1 aromatic heterocycles. The average Bonchev–Trinajstić information content (AvgIpc) is 2.94. The van der Waals surface area contributed by atoms with Gasteiger partial charge in [-0.15, -0.1) is 0 Å². The molecule has 2 rings (SSSR count). The predicted molar refractivity (Wildman–Crippen MR) is 57.6 cm³/mol. The van der Waals surface area contributed by atoms with E-state index in [0.29, 0.717) is 6.04 Å². The molecule has 14 heavy (non-hydrogen) atoms. The fourth-order valence-electron chi connectivity index (χ4n) is 1.61. The molecule has 1 aromatic rings. The van der Waals surface area contributed by atoms with E-state index in [4.69, 9.17) is 0 Å². The smallest absolute Gasteiger partial charge is 0.0538 e. The van der Waals surface area contributed by atoms with E-state index in [0.717, 1.165) is 12.5 Å². The van der Waals surface area contributed by atoms with E-state index in [1.54, 1.807) is 10.9 Å². The molecule has 1 aliphatic carbocycles. The highest BCUT2D eigenvalue weighted by atomic mass is 15.2. The van der Waals surface area contributed by atoms with Gasteiger partial charge in [-0.05, 0) is 25.7 Å². The van der Waals surface area contributed by atoms with Crippen LogP contribution >= 0.6 is 0 Å². The third kappa shape index (κ3) is 2.23. The minimum absolute atomic E-state index is 0.641. The van der Waals surface area contributed by atoms with Crippen molar-refractivity contribution in [3.8, 4) is 0 Å². The van der Waals surface area contributed by atoms with E-state index in [-0.39, 0.29) is 0 Å². The van der Waals surface area contributed by atoms with Gasteiger partial charge in [0, 0.05) is 30.5 Å². The Labute approximate surface area is 84.8 Å². The molecule has 76 valence electrons. The van der Waals surface area contributed by atoms with Crippen LogP contribution in [-0.2, 0) is 6.54 Å².